The molecule has 0 aliphatic heterocycles. The van der Waals surface area contributed by atoms with Crippen molar-refractivity contribution in [3.05, 3.63) is 36.5 Å². The topological polar surface area (TPSA) is 21.6 Å². The number of aliphatic imine (C=N–C) groups is 1. The van der Waals surface area contributed by atoms with E-state index in [0.29, 0.717) is 6.61 Å². The molecule has 0 spiro atoms. The van der Waals surface area contributed by atoms with Gasteiger partial charge in [0.05, 0.1) is 6.61 Å². The first kappa shape index (κ1) is 11.8. The van der Waals surface area contributed by atoms with Gasteiger partial charge in [0.25, 0.3) is 0 Å². The van der Waals surface area contributed by atoms with Crippen LogP contribution in [-0.4, -0.2) is 26.5 Å². The molecule has 0 saturated carbocycles. The van der Waals surface area contributed by atoms with Gasteiger partial charge in [-0.1, -0.05) is 25.3 Å². The molecule has 0 fully saturated rings. The van der Waals surface area contributed by atoms with E-state index in [0.717, 1.165) is 16.9 Å². The number of rotatable bonds is 5. The Kier molecular flexibility index (Phi) is 5.81. The molecule has 0 rings (SSSR count). The van der Waals surface area contributed by atoms with Crippen LogP contribution in [0, 0.1) is 0 Å². The van der Waals surface area contributed by atoms with Crippen molar-refractivity contribution in [3.63, 3.8) is 0 Å². The van der Waals surface area contributed by atoms with E-state index in [1.165, 1.54) is 0 Å². The fraction of sp³-hybridized carbons (Fsp3) is 0.364. The van der Waals surface area contributed by atoms with Gasteiger partial charge in [0.1, 0.15) is 0 Å². The number of hydrogen-bond donors (Lipinski definition) is 0. The highest BCUT2D eigenvalue weighted by atomic mass is 16.5. The fourth-order valence-electron chi connectivity index (χ4n) is 0.716. The van der Waals surface area contributed by atoms with Gasteiger partial charge >= 0.3 is 0 Å². The third-order valence-corrected chi connectivity index (χ3v) is 1.65. The van der Waals surface area contributed by atoms with Crippen LogP contribution in [0.25, 0.3) is 0 Å². The van der Waals surface area contributed by atoms with E-state index in [1.54, 1.807) is 14.2 Å². The predicted molar refractivity (Wildman–Crippen MR) is 58.3 cm³/mol. The van der Waals surface area contributed by atoms with Gasteiger partial charge in [-0.15, -0.1) is 0 Å². The van der Waals surface area contributed by atoms with Crippen molar-refractivity contribution in [2.75, 3.05) is 20.8 Å². The molecule has 2 heteroatoms. The second-order valence-corrected chi connectivity index (χ2v) is 2.76. The van der Waals surface area contributed by atoms with Gasteiger partial charge in [0, 0.05) is 19.9 Å². The van der Waals surface area contributed by atoms with E-state index in [9.17, 15) is 0 Å². The molecule has 0 saturated heterocycles. The molecule has 0 aromatic carbocycles. The summed E-state index contributed by atoms with van der Waals surface area (Å²) in [5, 5.41) is 0. The van der Waals surface area contributed by atoms with Gasteiger partial charge in [-0.05, 0) is 18.1 Å². The SMILES string of the molecule is C=C(/C=C\C(=C)C(C)=NC)COC. The number of ether oxygens (including phenoxy) is 1. The van der Waals surface area contributed by atoms with Crippen LogP contribution in [0.4, 0.5) is 0 Å². The van der Waals surface area contributed by atoms with Gasteiger partial charge in [0.2, 0.25) is 0 Å². The number of allylic oxidation sites excluding steroid dienone is 2. The fourth-order valence-corrected chi connectivity index (χ4v) is 0.716. The minimum absolute atomic E-state index is 0.548. The Bertz CT molecular complexity index is 249. The first-order chi connectivity index (χ1) is 6.11. The third-order valence-electron chi connectivity index (χ3n) is 1.65. The van der Waals surface area contributed by atoms with Crippen LogP contribution in [0.1, 0.15) is 6.92 Å². The monoisotopic (exact) mass is 179 g/mol. The zero-order valence-corrected chi connectivity index (χ0v) is 8.63. The molecule has 2 nitrogen and oxygen atoms in total. The first-order valence-corrected chi connectivity index (χ1v) is 4.09. The van der Waals surface area contributed by atoms with Crippen LogP contribution in [-0.2, 0) is 4.74 Å². The van der Waals surface area contributed by atoms with Gasteiger partial charge in [-0.3, -0.25) is 4.99 Å². The smallest absolute Gasteiger partial charge is 0.0707 e. The molecule has 0 heterocycles. The summed E-state index contributed by atoms with van der Waals surface area (Å²) in [6.45, 7) is 10.1. The maximum Gasteiger partial charge on any atom is 0.0707 e. The van der Waals surface area contributed by atoms with E-state index in [2.05, 4.69) is 18.2 Å². The van der Waals surface area contributed by atoms with Crippen molar-refractivity contribution < 1.29 is 4.74 Å². The minimum atomic E-state index is 0.548. The largest absolute Gasteiger partial charge is 0.380 e. The summed E-state index contributed by atoms with van der Waals surface area (Å²) in [6.07, 6.45) is 3.78. The van der Waals surface area contributed by atoms with E-state index < -0.39 is 0 Å². The van der Waals surface area contributed by atoms with Gasteiger partial charge in [-0.2, -0.15) is 0 Å². The Hall–Kier alpha value is -1.15. The highest BCUT2D eigenvalue weighted by Gasteiger charge is 1.92. The maximum atomic E-state index is 4.91. The molecule has 0 amide bonds. The summed E-state index contributed by atoms with van der Waals surface area (Å²) >= 11 is 0. The summed E-state index contributed by atoms with van der Waals surface area (Å²) < 4.78 is 4.91. The summed E-state index contributed by atoms with van der Waals surface area (Å²) in [7, 11) is 3.39. The lowest BCUT2D eigenvalue weighted by molar-refractivity contribution is 0.228. The highest BCUT2D eigenvalue weighted by molar-refractivity contribution is 6.00. The zero-order valence-electron chi connectivity index (χ0n) is 8.63. The Balaban J connectivity index is 4.13. The molecular formula is C11H17NO. The van der Waals surface area contributed by atoms with Gasteiger partial charge < -0.3 is 4.74 Å². The number of hydrogen-bond acceptors (Lipinski definition) is 2. The van der Waals surface area contributed by atoms with E-state index >= 15 is 0 Å². The molecule has 0 aliphatic rings. The highest BCUT2D eigenvalue weighted by Crippen LogP contribution is 2.00. The van der Waals surface area contributed by atoms with Gasteiger partial charge in [-0.25, -0.2) is 0 Å². The van der Waals surface area contributed by atoms with Crippen molar-refractivity contribution in [2.45, 2.75) is 6.92 Å². The minimum Gasteiger partial charge on any atom is -0.380 e. The molecule has 0 aromatic rings. The average Bonchev–Trinajstić information content (AvgIpc) is 2.13. The molecule has 72 valence electrons. The van der Waals surface area contributed by atoms with Crippen molar-refractivity contribution in [2.24, 2.45) is 4.99 Å². The quantitative estimate of drug-likeness (QED) is 0.469. The van der Waals surface area contributed by atoms with Crippen LogP contribution in [0.5, 0.6) is 0 Å². The third kappa shape index (κ3) is 5.15. The number of nitrogens with zero attached hydrogens (tertiary/aromatic N) is 1. The van der Waals surface area contributed by atoms with E-state index in [1.807, 2.05) is 19.1 Å². The molecule has 0 N–H and O–H groups in total. The molecule has 0 aliphatic carbocycles. The summed E-state index contributed by atoms with van der Waals surface area (Å²) in [4.78, 5) is 4.02. The molecule has 0 bridgehead atoms. The zero-order chi connectivity index (χ0) is 10.3. The molecule has 0 aromatic heterocycles. The Labute approximate surface area is 80.3 Å². The lowest BCUT2D eigenvalue weighted by Gasteiger charge is -1.99. The predicted octanol–water partition coefficient (Wildman–Crippen LogP) is 2.39. The molecule has 0 unspecified atom stereocenters. The number of methoxy groups -OCH3 is 1. The van der Waals surface area contributed by atoms with E-state index in [4.69, 9.17) is 4.74 Å². The standard InChI is InChI=1S/C11H17NO/c1-9(8-13-5)6-7-10(2)11(3)12-4/h6-7H,1-2,8H2,3-5H3/b7-6-,12-11?. The average molecular weight is 179 g/mol. The van der Waals surface area contributed by atoms with Crippen molar-refractivity contribution in [1.82, 2.24) is 0 Å². The molecule has 0 atom stereocenters. The lowest BCUT2D eigenvalue weighted by Crippen LogP contribution is -1.93. The molecule has 0 radical (unpaired) electrons. The normalized spacial score (nSPS) is 12.1. The first-order valence-electron chi connectivity index (χ1n) is 4.09. The summed E-state index contributed by atoms with van der Waals surface area (Å²) in [5.41, 5.74) is 2.76. The van der Waals surface area contributed by atoms with Crippen LogP contribution in [0.2, 0.25) is 0 Å². The van der Waals surface area contributed by atoms with Crippen molar-refractivity contribution in [1.29, 1.82) is 0 Å². The Morgan fingerprint density at radius 1 is 1.38 bits per heavy atom. The van der Waals surface area contributed by atoms with Crippen LogP contribution < -0.4 is 0 Å². The second-order valence-electron chi connectivity index (χ2n) is 2.76. The van der Waals surface area contributed by atoms with Crippen molar-refractivity contribution >= 4 is 5.71 Å². The van der Waals surface area contributed by atoms with Crippen LogP contribution in [0.3, 0.4) is 0 Å². The Morgan fingerprint density at radius 3 is 2.46 bits per heavy atom. The summed E-state index contributed by atoms with van der Waals surface area (Å²) in [5.74, 6) is 0. The Morgan fingerprint density at radius 2 is 2.00 bits per heavy atom. The molecule has 13 heavy (non-hydrogen) atoms. The maximum absolute atomic E-state index is 4.91. The van der Waals surface area contributed by atoms with Crippen LogP contribution >= 0.6 is 0 Å². The second kappa shape index (κ2) is 6.38. The van der Waals surface area contributed by atoms with Gasteiger partial charge in [0.15, 0.2) is 0 Å². The van der Waals surface area contributed by atoms with Crippen molar-refractivity contribution in [3.8, 4) is 0 Å². The lowest BCUT2D eigenvalue weighted by atomic mass is 10.1. The molecular weight excluding hydrogens is 162 g/mol. The van der Waals surface area contributed by atoms with E-state index in [-0.39, 0.29) is 0 Å². The summed E-state index contributed by atoms with van der Waals surface area (Å²) in [6, 6.07) is 0. The van der Waals surface area contributed by atoms with Crippen LogP contribution in [0.15, 0.2) is 41.4 Å².